The van der Waals surface area contributed by atoms with Crippen molar-refractivity contribution in [3.8, 4) is 11.5 Å². The maximum absolute atomic E-state index is 12.4. The van der Waals surface area contributed by atoms with Gasteiger partial charge in [0.1, 0.15) is 5.75 Å². The van der Waals surface area contributed by atoms with E-state index in [1.807, 2.05) is 32.0 Å². The van der Waals surface area contributed by atoms with Crippen LogP contribution in [0.4, 0.5) is 11.4 Å². The largest absolute Gasteiger partial charge is 0.870 e. The number of rotatable bonds is 4. The van der Waals surface area contributed by atoms with Gasteiger partial charge in [-0.3, -0.25) is 14.9 Å². The van der Waals surface area contributed by atoms with Gasteiger partial charge in [0.2, 0.25) is 0 Å². The van der Waals surface area contributed by atoms with Gasteiger partial charge in [0.25, 0.3) is 11.6 Å². The molecule has 0 atom stereocenters. The summed E-state index contributed by atoms with van der Waals surface area (Å²) in [7, 11) is 1.25. The molecule has 1 saturated heterocycles. The molecule has 0 saturated carbocycles. The normalized spacial score (nSPS) is 16.5. The molecule has 0 bridgehead atoms. The second kappa shape index (κ2) is 7.73. The molecule has 3 rings (SSSR count). The Morgan fingerprint density at radius 2 is 1.86 bits per heavy atom. The summed E-state index contributed by atoms with van der Waals surface area (Å²) >= 11 is 1.06. The zero-order chi connectivity index (χ0) is 20.4. The highest BCUT2D eigenvalue weighted by Gasteiger charge is 2.24. The van der Waals surface area contributed by atoms with Crippen molar-refractivity contribution in [2.24, 2.45) is 4.99 Å². The zero-order valence-electron chi connectivity index (χ0n) is 15.3. The molecule has 1 N–H and O–H groups in total. The van der Waals surface area contributed by atoms with E-state index in [-0.39, 0.29) is 21.9 Å². The number of amides is 1. The molecule has 0 aromatic heterocycles. The smallest absolute Gasteiger partial charge is 0.273 e. The molecule has 1 amide bonds. The van der Waals surface area contributed by atoms with Gasteiger partial charge in [0, 0.05) is 6.07 Å². The summed E-state index contributed by atoms with van der Waals surface area (Å²) in [5, 5.41) is 26.4. The maximum atomic E-state index is 12.4. The molecule has 0 unspecified atom stereocenters. The van der Waals surface area contributed by atoms with Gasteiger partial charge in [-0.25, -0.2) is 4.99 Å². The molecule has 9 heteroatoms. The lowest BCUT2D eigenvalue weighted by molar-refractivity contribution is -0.385. The van der Waals surface area contributed by atoms with Gasteiger partial charge in [-0.15, -0.1) is 0 Å². The van der Waals surface area contributed by atoms with Crippen LogP contribution in [0.1, 0.15) is 16.7 Å². The summed E-state index contributed by atoms with van der Waals surface area (Å²) in [6, 6.07) is 7.95. The van der Waals surface area contributed by atoms with Crippen LogP contribution in [0.5, 0.6) is 11.5 Å². The van der Waals surface area contributed by atoms with E-state index in [2.05, 4.69) is 10.3 Å². The van der Waals surface area contributed by atoms with Crippen molar-refractivity contribution in [2.75, 3.05) is 7.11 Å². The predicted octanol–water partition coefficient (Wildman–Crippen LogP) is 3.19. The molecule has 144 valence electrons. The van der Waals surface area contributed by atoms with E-state index in [9.17, 15) is 20.0 Å². The van der Waals surface area contributed by atoms with E-state index in [1.54, 1.807) is 0 Å². The summed E-state index contributed by atoms with van der Waals surface area (Å²) in [6.45, 7) is 3.90. The number of non-ortho nitro benzene ring substituents is 1. The van der Waals surface area contributed by atoms with E-state index in [1.165, 1.54) is 13.2 Å². The van der Waals surface area contributed by atoms with Crippen molar-refractivity contribution in [3.63, 3.8) is 0 Å². The first-order valence-electron chi connectivity index (χ1n) is 8.18. The standard InChI is InChI=1S/C19H17N3O5S/c1-10-4-11(2)6-13(5-10)20-19-21-18(24)16(28-19)8-12-7-14(22(25)26)9-15(27-3)17(12)23/h4-9,23H,1-3H3,(H,20,21,24)/p-1/b16-8-. The Morgan fingerprint density at radius 1 is 1.18 bits per heavy atom. The molecular weight excluding hydrogens is 382 g/mol. The maximum Gasteiger partial charge on any atom is 0.273 e. The van der Waals surface area contributed by atoms with Crippen LogP contribution in [0.25, 0.3) is 6.08 Å². The van der Waals surface area contributed by atoms with Gasteiger partial charge in [-0.1, -0.05) is 11.8 Å². The van der Waals surface area contributed by atoms with Crippen LogP contribution in [-0.4, -0.2) is 23.1 Å². The van der Waals surface area contributed by atoms with Crippen LogP contribution in [0.2, 0.25) is 0 Å². The van der Waals surface area contributed by atoms with Crippen LogP contribution in [-0.2, 0) is 4.79 Å². The fraction of sp³-hybridized carbons (Fsp3) is 0.158. The minimum absolute atomic E-state index is 0.00338. The number of methoxy groups -OCH3 is 1. The Morgan fingerprint density at radius 3 is 2.46 bits per heavy atom. The fourth-order valence-corrected chi connectivity index (χ4v) is 3.56. The van der Waals surface area contributed by atoms with Crippen molar-refractivity contribution in [1.82, 2.24) is 5.32 Å². The van der Waals surface area contributed by atoms with Gasteiger partial charge in [0.05, 0.1) is 28.7 Å². The van der Waals surface area contributed by atoms with Crippen LogP contribution in [0.15, 0.2) is 40.2 Å². The van der Waals surface area contributed by atoms with Crippen molar-refractivity contribution in [2.45, 2.75) is 13.8 Å². The van der Waals surface area contributed by atoms with Gasteiger partial charge in [-0.2, -0.15) is 0 Å². The van der Waals surface area contributed by atoms with E-state index in [0.717, 1.165) is 35.0 Å². The molecule has 0 aliphatic carbocycles. The van der Waals surface area contributed by atoms with Crippen LogP contribution in [0.3, 0.4) is 0 Å². The van der Waals surface area contributed by atoms with E-state index in [0.29, 0.717) is 10.9 Å². The number of aryl methyl sites for hydroxylation is 2. The number of hydrogen-bond donors (Lipinski definition) is 1. The lowest BCUT2D eigenvalue weighted by Gasteiger charge is -2.15. The molecule has 1 aliphatic heterocycles. The summed E-state index contributed by atoms with van der Waals surface area (Å²) in [5.41, 5.74) is 2.49. The Kier molecular flexibility index (Phi) is 5.36. The number of nitro benzene ring substituents is 1. The highest BCUT2D eigenvalue weighted by Crippen LogP contribution is 2.36. The number of aliphatic imine (C=N–C) groups is 1. The highest BCUT2D eigenvalue weighted by atomic mass is 32.2. The first-order chi connectivity index (χ1) is 13.3. The number of nitro groups is 1. The van der Waals surface area contributed by atoms with Gasteiger partial charge in [-0.05, 0) is 60.5 Å². The van der Waals surface area contributed by atoms with E-state index >= 15 is 0 Å². The van der Waals surface area contributed by atoms with Gasteiger partial charge >= 0.3 is 0 Å². The molecule has 1 heterocycles. The monoisotopic (exact) mass is 398 g/mol. The molecule has 28 heavy (non-hydrogen) atoms. The molecular formula is C19H16N3O5S-. The highest BCUT2D eigenvalue weighted by molar-refractivity contribution is 8.18. The Balaban J connectivity index is 1.96. The number of benzene rings is 2. The van der Waals surface area contributed by atoms with E-state index < -0.39 is 16.6 Å². The number of ether oxygens (including phenoxy) is 1. The summed E-state index contributed by atoms with van der Waals surface area (Å²) < 4.78 is 4.91. The second-order valence-corrected chi connectivity index (χ2v) is 7.18. The Hall–Kier alpha value is -3.33. The van der Waals surface area contributed by atoms with Crippen LogP contribution in [0, 0.1) is 24.0 Å². The van der Waals surface area contributed by atoms with Crippen molar-refractivity contribution in [1.29, 1.82) is 0 Å². The molecule has 8 nitrogen and oxygen atoms in total. The lowest BCUT2D eigenvalue weighted by Crippen LogP contribution is -2.19. The third kappa shape index (κ3) is 4.15. The number of carbonyl (C=O) groups excluding carboxylic acids is 1. The summed E-state index contributed by atoms with van der Waals surface area (Å²) in [5.74, 6) is -1.12. The third-order valence-corrected chi connectivity index (χ3v) is 4.78. The quantitative estimate of drug-likeness (QED) is 0.480. The number of thioether (sulfide) groups is 1. The average Bonchev–Trinajstić information content (AvgIpc) is 2.94. The predicted molar refractivity (Wildman–Crippen MR) is 106 cm³/mol. The molecule has 0 radical (unpaired) electrons. The third-order valence-electron chi connectivity index (χ3n) is 3.87. The van der Waals surface area contributed by atoms with Crippen LogP contribution >= 0.6 is 11.8 Å². The number of amidine groups is 1. The second-order valence-electron chi connectivity index (χ2n) is 6.15. The lowest BCUT2D eigenvalue weighted by atomic mass is 10.1. The Bertz CT molecular complexity index is 1030. The summed E-state index contributed by atoms with van der Waals surface area (Å²) in [4.78, 5) is 27.3. The van der Waals surface area contributed by atoms with E-state index in [4.69, 9.17) is 4.74 Å². The number of hydrogen-bond acceptors (Lipinski definition) is 7. The number of carbonyl (C=O) groups is 1. The minimum atomic E-state index is -0.626. The first kappa shape index (κ1) is 19.4. The zero-order valence-corrected chi connectivity index (χ0v) is 16.1. The van der Waals surface area contributed by atoms with Gasteiger partial charge in [0.15, 0.2) is 5.17 Å². The average molecular weight is 398 g/mol. The summed E-state index contributed by atoms with van der Waals surface area (Å²) in [6.07, 6.45) is 1.31. The Labute approximate surface area is 165 Å². The molecule has 0 spiro atoms. The molecule has 2 aromatic rings. The molecule has 1 aliphatic rings. The number of nitrogens with zero attached hydrogens (tertiary/aromatic N) is 2. The fourth-order valence-electron chi connectivity index (χ4n) is 2.73. The van der Waals surface area contributed by atoms with Crippen molar-refractivity contribution < 1.29 is 19.6 Å². The van der Waals surface area contributed by atoms with Gasteiger partial charge < -0.3 is 15.2 Å². The van der Waals surface area contributed by atoms with Crippen LogP contribution < -0.4 is 15.2 Å². The topological polar surface area (TPSA) is 117 Å². The first-order valence-corrected chi connectivity index (χ1v) is 9.00. The molecule has 1 fully saturated rings. The van der Waals surface area contributed by atoms with Crippen molar-refractivity contribution >= 4 is 40.3 Å². The number of nitrogens with one attached hydrogen (secondary N) is 1. The SMILES string of the molecule is COc1cc([N+](=O)[O-])cc(/C=C2\SC(=Nc3cc(C)cc(C)c3)NC2=O)c1[O-]. The van der Waals surface area contributed by atoms with Crippen molar-refractivity contribution in [3.05, 3.63) is 62.0 Å². The molecule has 2 aromatic carbocycles. The minimum Gasteiger partial charge on any atom is -0.870 e.